The molecule has 0 aromatic heterocycles. The summed E-state index contributed by atoms with van der Waals surface area (Å²) < 4.78 is 14.3. The van der Waals surface area contributed by atoms with Crippen LogP contribution >= 0.6 is 0 Å². The third-order valence-electron chi connectivity index (χ3n) is 3.88. The molecular weight excluding hydrogens is 255 g/mol. The van der Waals surface area contributed by atoms with E-state index in [1.807, 2.05) is 17.0 Å². The first kappa shape index (κ1) is 14.8. The third kappa shape index (κ3) is 3.11. The third-order valence-corrected chi connectivity index (χ3v) is 3.88. The van der Waals surface area contributed by atoms with Crippen molar-refractivity contribution >= 4 is 11.6 Å². The molecule has 4 heteroatoms. The van der Waals surface area contributed by atoms with Gasteiger partial charge < -0.3 is 9.80 Å². The summed E-state index contributed by atoms with van der Waals surface area (Å²) in [6.07, 6.45) is 0. The molecule has 1 aromatic carbocycles. The van der Waals surface area contributed by atoms with Crippen LogP contribution in [0.5, 0.6) is 0 Å². The smallest absolute Gasteiger partial charge is 0.219 e. The first-order valence-electron chi connectivity index (χ1n) is 7.09. The number of amides is 1. The fourth-order valence-corrected chi connectivity index (χ4v) is 2.49. The van der Waals surface area contributed by atoms with Crippen LogP contribution in [0.15, 0.2) is 18.2 Å². The molecule has 1 fully saturated rings. The van der Waals surface area contributed by atoms with Crippen molar-refractivity contribution in [2.75, 3.05) is 31.1 Å². The Labute approximate surface area is 120 Å². The van der Waals surface area contributed by atoms with Gasteiger partial charge in [0.15, 0.2) is 0 Å². The average Bonchev–Trinajstić information content (AvgIpc) is 2.37. The molecule has 1 heterocycles. The van der Waals surface area contributed by atoms with E-state index in [1.165, 1.54) is 0 Å². The second-order valence-corrected chi connectivity index (χ2v) is 6.41. The number of halogens is 1. The van der Waals surface area contributed by atoms with Gasteiger partial charge in [-0.15, -0.1) is 0 Å². The highest BCUT2D eigenvalue weighted by atomic mass is 19.1. The predicted molar refractivity (Wildman–Crippen MR) is 79.6 cm³/mol. The van der Waals surface area contributed by atoms with Crippen molar-refractivity contribution in [2.45, 2.75) is 33.1 Å². The molecule has 0 bridgehead atoms. The molecular formula is C16H23FN2O. The Morgan fingerprint density at radius 3 is 2.20 bits per heavy atom. The van der Waals surface area contributed by atoms with Gasteiger partial charge in [0.1, 0.15) is 5.82 Å². The lowest BCUT2D eigenvalue weighted by atomic mass is 9.87. The Morgan fingerprint density at radius 2 is 1.75 bits per heavy atom. The number of carbonyl (C=O) groups is 1. The van der Waals surface area contributed by atoms with Crippen molar-refractivity contribution in [3.63, 3.8) is 0 Å². The van der Waals surface area contributed by atoms with Gasteiger partial charge in [-0.25, -0.2) is 4.39 Å². The SMILES string of the molecule is CC(=O)N1CCN(c2ccc(C(C)(C)C)cc2F)CC1. The first-order chi connectivity index (χ1) is 9.29. The van der Waals surface area contributed by atoms with E-state index < -0.39 is 0 Å². The molecule has 1 aromatic rings. The number of hydrogen-bond acceptors (Lipinski definition) is 2. The van der Waals surface area contributed by atoms with E-state index in [-0.39, 0.29) is 17.1 Å². The molecule has 2 rings (SSSR count). The average molecular weight is 278 g/mol. The van der Waals surface area contributed by atoms with Gasteiger partial charge in [-0.05, 0) is 23.1 Å². The van der Waals surface area contributed by atoms with Gasteiger partial charge in [-0.2, -0.15) is 0 Å². The van der Waals surface area contributed by atoms with Gasteiger partial charge in [0.2, 0.25) is 5.91 Å². The van der Waals surface area contributed by atoms with Gasteiger partial charge in [-0.3, -0.25) is 4.79 Å². The largest absolute Gasteiger partial charge is 0.366 e. The second-order valence-electron chi connectivity index (χ2n) is 6.41. The van der Waals surface area contributed by atoms with Gasteiger partial charge in [0.05, 0.1) is 5.69 Å². The lowest BCUT2D eigenvalue weighted by molar-refractivity contribution is -0.129. The monoisotopic (exact) mass is 278 g/mol. The fraction of sp³-hybridized carbons (Fsp3) is 0.562. The molecule has 1 saturated heterocycles. The number of carbonyl (C=O) groups excluding carboxylic acids is 1. The summed E-state index contributed by atoms with van der Waals surface area (Å²) in [6, 6.07) is 5.49. The van der Waals surface area contributed by atoms with E-state index in [4.69, 9.17) is 0 Å². The normalized spacial score (nSPS) is 16.4. The van der Waals surface area contributed by atoms with Crippen molar-refractivity contribution < 1.29 is 9.18 Å². The van der Waals surface area contributed by atoms with Crippen LogP contribution < -0.4 is 4.90 Å². The molecule has 0 spiro atoms. The number of nitrogens with zero attached hydrogens (tertiary/aromatic N) is 2. The van der Waals surface area contributed by atoms with Crippen LogP contribution in [0.1, 0.15) is 33.3 Å². The summed E-state index contributed by atoms with van der Waals surface area (Å²) >= 11 is 0. The van der Waals surface area contributed by atoms with Crippen molar-refractivity contribution in [1.29, 1.82) is 0 Å². The van der Waals surface area contributed by atoms with Crippen molar-refractivity contribution in [3.05, 3.63) is 29.6 Å². The van der Waals surface area contributed by atoms with Crippen molar-refractivity contribution in [3.8, 4) is 0 Å². The number of piperazine rings is 1. The minimum Gasteiger partial charge on any atom is -0.366 e. The van der Waals surface area contributed by atoms with Crippen molar-refractivity contribution in [2.24, 2.45) is 0 Å². The zero-order valence-electron chi connectivity index (χ0n) is 12.7. The Morgan fingerprint density at radius 1 is 1.15 bits per heavy atom. The Bertz CT molecular complexity index is 500. The topological polar surface area (TPSA) is 23.6 Å². The van der Waals surface area contributed by atoms with E-state index in [2.05, 4.69) is 20.8 Å². The Kier molecular flexibility index (Phi) is 4.02. The first-order valence-corrected chi connectivity index (χ1v) is 7.09. The Balaban J connectivity index is 2.13. The molecule has 1 aliphatic heterocycles. The second kappa shape index (κ2) is 5.43. The molecule has 0 N–H and O–H groups in total. The van der Waals surface area contributed by atoms with E-state index in [0.717, 1.165) is 5.56 Å². The van der Waals surface area contributed by atoms with E-state index >= 15 is 0 Å². The maximum absolute atomic E-state index is 14.3. The fourth-order valence-electron chi connectivity index (χ4n) is 2.49. The van der Waals surface area contributed by atoms with Gasteiger partial charge in [0, 0.05) is 33.1 Å². The van der Waals surface area contributed by atoms with E-state index in [1.54, 1.807) is 17.9 Å². The molecule has 0 atom stereocenters. The zero-order valence-corrected chi connectivity index (χ0v) is 12.7. The summed E-state index contributed by atoms with van der Waals surface area (Å²) in [5.74, 6) is -0.0816. The van der Waals surface area contributed by atoms with E-state index in [9.17, 15) is 9.18 Å². The van der Waals surface area contributed by atoms with Crippen LogP contribution in [0.2, 0.25) is 0 Å². The van der Waals surface area contributed by atoms with Crippen LogP contribution in [0.25, 0.3) is 0 Å². The molecule has 0 unspecified atom stereocenters. The standard InChI is InChI=1S/C16H23FN2O/c1-12(20)18-7-9-19(10-8-18)15-6-5-13(11-14(15)17)16(2,3)4/h5-6,11H,7-10H2,1-4H3. The number of rotatable bonds is 1. The minimum absolute atomic E-state index is 0.0489. The molecule has 0 radical (unpaired) electrons. The number of anilines is 1. The maximum atomic E-state index is 14.3. The lowest BCUT2D eigenvalue weighted by Crippen LogP contribution is -2.48. The van der Waals surface area contributed by atoms with Crippen LogP contribution in [0.4, 0.5) is 10.1 Å². The van der Waals surface area contributed by atoms with Crippen LogP contribution in [0.3, 0.4) is 0 Å². The van der Waals surface area contributed by atoms with Gasteiger partial charge >= 0.3 is 0 Å². The van der Waals surface area contributed by atoms with Crippen molar-refractivity contribution in [1.82, 2.24) is 4.90 Å². The Hall–Kier alpha value is -1.58. The molecule has 0 aliphatic carbocycles. The van der Waals surface area contributed by atoms with Crippen LogP contribution in [0, 0.1) is 5.82 Å². The van der Waals surface area contributed by atoms with Crippen LogP contribution in [-0.4, -0.2) is 37.0 Å². The quantitative estimate of drug-likeness (QED) is 0.788. The number of hydrogen-bond donors (Lipinski definition) is 0. The summed E-state index contributed by atoms with van der Waals surface area (Å²) in [4.78, 5) is 15.1. The molecule has 110 valence electrons. The molecule has 0 saturated carbocycles. The summed E-state index contributed by atoms with van der Waals surface area (Å²) in [5.41, 5.74) is 1.59. The maximum Gasteiger partial charge on any atom is 0.219 e. The van der Waals surface area contributed by atoms with Gasteiger partial charge in [0.25, 0.3) is 0 Å². The highest BCUT2D eigenvalue weighted by molar-refractivity contribution is 5.73. The highest BCUT2D eigenvalue weighted by Crippen LogP contribution is 2.28. The molecule has 1 aliphatic rings. The van der Waals surface area contributed by atoms with Gasteiger partial charge in [-0.1, -0.05) is 26.8 Å². The predicted octanol–water partition coefficient (Wildman–Crippen LogP) is 2.79. The summed E-state index contributed by atoms with van der Waals surface area (Å²) in [5, 5.41) is 0. The summed E-state index contributed by atoms with van der Waals surface area (Å²) in [7, 11) is 0. The summed E-state index contributed by atoms with van der Waals surface area (Å²) in [6.45, 7) is 10.5. The minimum atomic E-state index is -0.172. The van der Waals surface area contributed by atoms with Crippen LogP contribution in [-0.2, 0) is 10.2 Å². The van der Waals surface area contributed by atoms with E-state index in [0.29, 0.717) is 31.9 Å². The lowest BCUT2D eigenvalue weighted by Gasteiger charge is -2.36. The zero-order chi connectivity index (χ0) is 14.9. The molecule has 1 amide bonds. The molecule has 3 nitrogen and oxygen atoms in total. The molecule has 20 heavy (non-hydrogen) atoms. The highest BCUT2D eigenvalue weighted by Gasteiger charge is 2.22. The number of benzene rings is 1.